The molecule has 1 N–H and O–H groups in total. The number of hydrogen-bond donors (Lipinski definition) is 1. The van der Waals surface area contributed by atoms with E-state index in [1.54, 1.807) is 29.0 Å². The van der Waals surface area contributed by atoms with Crippen molar-refractivity contribution in [3.8, 4) is 5.75 Å². The van der Waals surface area contributed by atoms with Crippen molar-refractivity contribution in [3.05, 3.63) is 64.7 Å². The minimum absolute atomic E-state index is 0.0762. The number of halogens is 1. The van der Waals surface area contributed by atoms with E-state index in [2.05, 4.69) is 11.4 Å². The minimum atomic E-state index is -0.0823. The quantitative estimate of drug-likeness (QED) is 0.709. The van der Waals surface area contributed by atoms with Gasteiger partial charge in [-0.05, 0) is 49.1 Å². The fourth-order valence-electron chi connectivity index (χ4n) is 3.56. The molecule has 1 saturated heterocycles. The SMILES string of the molecule is COc1cccc(CCCNC(=O)N2CCCN(C(=O)c3ccccc3Cl)CC2)c1. The fraction of sp³-hybridized carbons (Fsp3) is 0.391. The van der Waals surface area contributed by atoms with E-state index in [1.165, 1.54) is 5.56 Å². The zero-order valence-corrected chi connectivity index (χ0v) is 18.0. The van der Waals surface area contributed by atoms with Gasteiger partial charge in [0, 0.05) is 32.7 Å². The number of methoxy groups -OCH3 is 1. The van der Waals surface area contributed by atoms with Crippen LogP contribution in [0.3, 0.4) is 0 Å². The topological polar surface area (TPSA) is 61.9 Å². The summed E-state index contributed by atoms with van der Waals surface area (Å²) in [4.78, 5) is 28.8. The first-order chi connectivity index (χ1) is 14.6. The van der Waals surface area contributed by atoms with Crippen LogP contribution in [-0.4, -0.2) is 61.6 Å². The molecule has 6 nitrogen and oxygen atoms in total. The van der Waals surface area contributed by atoms with Crippen LogP contribution in [0, 0.1) is 0 Å². The Bertz CT molecular complexity index is 874. The van der Waals surface area contributed by atoms with Crippen molar-refractivity contribution in [3.63, 3.8) is 0 Å². The van der Waals surface area contributed by atoms with Gasteiger partial charge in [0.05, 0.1) is 17.7 Å². The number of amides is 3. The van der Waals surface area contributed by atoms with Crippen LogP contribution in [0.15, 0.2) is 48.5 Å². The predicted octanol–water partition coefficient (Wildman–Crippen LogP) is 3.84. The predicted molar refractivity (Wildman–Crippen MR) is 118 cm³/mol. The van der Waals surface area contributed by atoms with Crippen molar-refractivity contribution in [2.24, 2.45) is 0 Å². The lowest BCUT2D eigenvalue weighted by Gasteiger charge is -2.23. The number of rotatable bonds is 6. The summed E-state index contributed by atoms with van der Waals surface area (Å²) in [5.41, 5.74) is 1.70. The van der Waals surface area contributed by atoms with Crippen molar-refractivity contribution in [1.29, 1.82) is 0 Å². The van der Waals surface area contributed by atoms with Gasteiger partial charge in [-0.15, -0.1) is 0 Å². The Morgan fingerprint density at radius 2 is 1.80 bits per heavy atom. The van der Waals surface area contributed by atoms with Gasteiger partial charge in [0.25, 0.3) is 5.91 Å². The van der Waals surface area contributed by atoms with Crippen molar-refractivity contribution in [1.82, 2.24) is 15.1 Å². The molecule has 2 aromatic rings. The molecule has 1 aliphatic rings. The molecular formula is C23H28ClN3O3. The van der Waals surface area contributed by atoms with Gasteiger partial charge in [-0.1, -0.05) is 35.9 Å². The number of benzene rings is 2. The van der Waals surface area contributed by atoms with Crippen LogP contribution >= 0.6 is 11.6 Å². The molecular weight excluding hydrogens is 402 g/mol. The Kier molecular flexibility index (Phi) is 7.97. The van der Waals surface area contributed by atoms with E-state index in [4.69, 9.17) is 16.3 Å². The summed E-state index contributed by atoms with van der Waals surface area (Å²) >= 11 is 6.16. The maximum absolute atomic E-state index is 12.8. The molecule has 3 amide bonds. The lowest BCUT2D eigenvalue weighted by Crippen LogP contribution is -2.43. The molecule has 160 valence electrons. The van der Waals surface area contributed by atoms with E-state index in [1.807, 2.05) is 30.3 Å². The van der Waals surface area contributed by atoms with Crippen molar-refractivity contribution in [2.75, 3.05) is 39.8 Å². The maximum atomic E-state index is 12.8. The third-order valence-corrected chi connectivity index (χ3v) is 5.56. The fourth-order valence-corrected chi connectivity index (χ4v) is 3.77. The summed E-state index contributed by atoms with van der Waals surface area (Å²) in [5, 5.41) is 3.45. The molecule has 30 heavy (non-hydrogen) atoms. The lowest BCUT2D eigenvalue weighted by molar-refractivity contribution is 0.0762. The van der Waals surface area contributed by atoms with Crippen LogP contribution in [0.25, 0.3) is 0 Å². The standard InChI is InChI=1S/C23H28ClN3O3/c1-30-19-9-4-7-18(17-19)8-5-12-25-23(29)27-14-6-13-26(15-16-27)22(28)20-10-2-3-11-21(20)24/h2-4,7,9-11,17H,5-6,8,12-16H2,1H3,(H,25,29). The van der Waals surface area contributed by atoms with E-state index < -0.39 is 0 Å². The Hall–Kier alpha value is -2.73. The van der Waals surface area contributed by atoms with Crippen molar-refractivity contribution < 1.29 is 14.3 Å². The first-order valence-corrected chi connectivity index (χ1v) is 10.7. The minimum Gasteiger partial charge on any atom is -0.497 e. The van der Waals surface area contributed by atoms with Crippen molar-refractivity contribution in [2.45, 2.75) is 19.3 Å². The number of urea groups is 1. The zero-order chi connectivity index (χ0) is 21.3. The van der Waals surface area contributed by atoms with Crippen LogP contribution in [0.1, 0.15) is 28.8 Å². The highest BCUT2D eigenvalue weighted by Gasteiger charge is 2.23. The van der Waals surface area contributed by atoms with Crippen LogP contribution in [0.5, 0.6) is 5.75 Å². The second-order valence-electron chi connectivity index (χ2n) is 7.30. The normalized spacial score (nSPS) is 14.2. The summed E-state index contributed by atoms with van der Waals surface area (Å²) in [6, 6.07) is 15.0. The highest BCUT2D eigenvalue weighted by atomic mass is 35.5. The molecule has 0 saturated carbocycles. The van der Waals surface area contributed by atoms with E-state index in [0.717, 1.165) is 25.0 Å². The smallest absolute Gasteiger partial charge is 0.317 e. The van der Waals surface area contributed by atoms with E-state index in [0.29, 0.717) is 43.3 Å². The molecule has 1 aliphatic heterocycles. The Labute approximate surface area is 182 Å². The molecule has 1 fully saturated rings. The van der Waals surface area contributed by atoms with Gasteiger partial charge in [-0.25, -0.2) is 4.79 Å². The average molecular weight is 430 g/mol. The number of carbonyl (C=O) groups excluding carboxylic acids is 2. The molecule has 0 aromatic heterocycles. The van der Waals surface area contributed by atoms with Crippen LogP contribution in [0.2, 0.25) is 5.02 Å². The summed E-state index contributed by atoms with van der Waals surface area (Å²) in [6.45, 7) is 2.87. The van der Waals surface area contributed by atoms with Gasteiger partial charge in [0.2, 0.25) is 0 Å². The van der Waals surface area contributed by atoms with Gasteiger partial charge in [-0.3, -0.25) is 4.79 Å². The maximum Gasteiger partial charge on any atom is 0.317 e. The zero-order valence-electron chi connectivity index (χ0n) is 17.3. The molecule has 1 heterocycles. The molecule has 3 rings (SSSR count). The number of nitrogens with zero attached hydrogens (tertiary/aromatic N) is 2. The van der Waals surface area contributed by atoms with Gasteiger partial charge in [0.1, 0.15) is 5.75 Å². The first-order valence-electron chi connectivity index (χ1n) is 10.3. The number of nitrogens with one attached hydrogen (secondary N) is 1. The van der Waals surface area contributed by atoms with Gasteiger partial charge < -0.3 is 19.9 Å². The van der Waals surface area contributed by atoms with Gasteiger partial charge in [-0.2, -0.15) is 0 Å². The Morgan fingerprint density at radius 1 is 1.03 bits per heavy atom. The number of ether oxygens (including phenoxy) is 1. The van der Waals surface area contributed by atoms with E-state index in [9.17, 15) is 9.59 Å². The molecule has 0 radical (unpaired) electrons. The van der Waals surface area contributed by atoms with Crippen LogP contribution in [0.4, 0.5) is 4.79 Å². The summed E-state index contributed by atoms with van der Waals surface area (Å²) in [7, 11) is 1.66. The third kappa shape index (κ3) is 5.89. The molecule has 0 bridgehead atoms. The van der Waals surface area contributed by atoms with Gasteiger partial charge >= 0.3 is 6.03 Å². The summed E-state index contributed by atoms with van der Waals surface area (Å²) < 4.78 is 5.24. The first kappa shape index (κ1) is 22.0. The third-order valence-electron chi connectivity index (χ3n) is 5.23. The molecule has 0 aliphatic carbocycles. The number of hydrogen-bond acceptors (Lipinski definition) is 3. The van der Waals surface area contributed by atoms with Crippen LogP contribution in [-0.2, 0) is 6.42 Å². The summed E-state index contributed by atoms with van der Waals surface area (Å²) in [5.74, 6) is 0.762. The number of aryl methyl sites for hydroxylation is 1. The van der Waals surface area contributed by atoms with Crippen LogP contribution < -0.4 is 10.1 Å². The molecule has 0 unspecified atom stereocenters. The molecule has 0 atom stereocenters. The van der Waals surface area contributed by atoms with E-state index >= 15 is 0 Å². The highest BCUT2D eigenvalue weighted by Crippen LogP contribution is 2.18. The highest BCUT2D eigenvalue weighted by molar-refractivity contribution is 6.33. The van der Waals surface area contributed by atoms with Crippen molar-refractivity contribution >= 4 is 23.5 Å². The average Bonchev–Trinajstić information content (AvgIpc) is 3.03. The Morgan fingerprint density at radius 3 is 2.60 bits per heavy atom. The molecule has 2 aromatic carbocycles. The largest absolute Gasteiger partial charge is 0.497 e. The molecule has 7 heteroatoms. The second kappa shape index (κ2) is 10.9. The van der Waals surface area contributed by atoms with Gasteiger partial charge in [0.15, 0.2) is 0 Å². The molecule has 0 spiro atoms. The monoisotopic (exact) mass is 429 g/mol. The second-order valence-corrected chi connectivity index (χ2v) is 7.71. The lowest BCUT2D eigenvalue weighted by atomic mass is 10.1. The Balaban J connectivity index is 1.44. The van der Waals surface area contributed by atoms with E-state index in [-0.39, 0.29) is 11.9 Å². The summed E-state index contributed by atoms with van der Waals surface area (Å²) in [6.07, 6.45) is 2.47. The number of carbonyl (C=O) groups is 2.